The summed E-state index contributed by atoms with van der Waals surface area (Å²) in [4.78, 5) is 26.5. The van der Waals surface area contributed by atoms with Gasteiger partial charge in [0.05, 0.1) is 12.1 Å². The molecule has 2 N–H and O–H groups in total. The van der Waals surface area contributed by atoms with Crippen LogP contribution in [0.2, 0.25) is 10.0 Å². The molecule has 5 nitrogen and oxygen atoms in total. The van der Waals surface area contributed by atoms with Gasteiger partial charge in [-0.25, -0.2) is 0 Å². The normalized spacial score (nSPS) is 24.7. The van der Waals surface area contributed by atoms with Gasteiger partial charge in [0.25, 0.3) is 0 Å². The van der Waals surface area contributed by atoms with Crippen molar-refractivity contribution in [2.24, 2.45) is 0 Å². The lowest BCUT2D eigenvalue weighted by Crippen LogP contribution is -2.62. The van der Waals surface area contributed by atoms with Crippen LogP contribution in [0.5, 0.6) is 5.75 Å². The monoisotopic (exact) mass is 458 g/mol. The second-order valence-corrected chi connectivity index (χ2v) is 9.34. The van der Waals surface area contributed by atoms with E-state index in [9.17, 15) is 9.59 Å². The maximum Gasteiger partial charge on any atom is 0.238 e. The molecule has 2 amide bonds. The molecule has 2 aliphatic heterocycles. The first-order valence-electron chi connectivity index (χ1n) is 10.2. The zero-order chi connectivity index (χ0) is 22.5. The predicted molar refractivity (Wildman–Crippen MR) is 123 cm³/mol. The van der Waals surface area contributed by atoms with Gasteiger partial charge in [0, 0.05) is 33.6 Å². The number of carbonyl (C=O) groups excluding carboxylic acids is 2. The third-order valence-electron chi connectivity index (χ3n) is 5.95. The van der Waals surface area contributed by atoms with E-state index in [1.165, 1.54) is 0 Å². The number of piperidine rings is 1. The first kappa shape index (κ1) is 21.7. The Morgan fingerprint density at radius 3 is 2.52 bits per heavy atom. The number of hydrogen-bond donors (Lipinski definition) is 2. The van der Waals surface area contributed by atoms with Crippen molar-refractivity contribution in [2.75, 3.05) is 5.32 Å². The highest BCUT2D eigenvalue weighted by Gasteiger charge is 2.61. The molecule has 3 atom stereocenters. The molecule has 7 heteroatoms. The van der Waals surface area contributed by atoms with Crippen LogP contribution < -0.4 is 15.4 Å². The fraction of sp³-hybridized carbons (Fsp3) is 0.333. The van der Waals surface area contributed by atoms with Crippen LogP contribution >= 0.6 is 23.2 Å². The van der Waals surface area contributed by atoms with E-state index >= 15 is 0 Å². The minimum Gasteiger partial charge on any atom is -0.491 e. The van der Waals surface area contributed by atoms with E-state index in [0.29, 0.717) is 27.1 Å². The van der Waals surface area contributed by atoms with Crippen molar-refractivity contribution in [1.82, 2.24) is 5.32 Å². The van der Waals surface area contributed by atoms with Crippen LogP contribution in [-0.4, -0.2) is 24.0 Å². The molecule has 2 aliphatic rings. The van der Waals surface area contributed by atoms with Gasteiger partial charge < -0.3 is 15.4 Å². The SMILES string of the molecule is C=C(C)[C@H]1NC(=O)C[C@@H](c2cc(Cl)ccc2OC(C)C)[C@]12C(=O)Nc1cc(Cl)ccc12. The Bertz CT molecular complexity index is 1100. The number of rotatable bonds is 4. The van der Waals surface area contributed by atoms with Crippen molar-refractivity contribution >= 4 is 40.7 Å². The fourth-order valence-corrected chi connectivity index (χ4v) is 5.22. The number of benzene rings is 2. The van der Waals surface area contributed by atoms with Crippen molar-refractivity contribution in [3.63, 3.8) is 0 Å². The van der Waals surface area contributed by atoms with E-state index in [-0.39, 0.29) is 24.3 Å². The maximum atomic E-state index is 13.7. The second-order valence-electron chi connectivity index (χ2n) is 8.47. The summed E-state index contributed by atoms with van der Waals surface area (Å²) in [6.45, 7) is 9.77. The van der Waals surface area contributed by atoms with Crippen molar-refractivity contribution in [2.45, 2.75) is 50.7 Å². The lowest BCUT2D eigenvalue weighted by atomic mass is 9.59. The summed E-state index contributed by atoms with van der Waals surface area (Å²) in [7, 11) is 0. The Kier molecular flexibility index (Phi) is 5.52. The highest BCUT2D eigenvalue weighted by Crippen LogP contribution is 2.55. The second kappa shape index (κ2) is 7.88. The van der Waals surface area contributed by atoms with Crippen LogP contribution in [-0.2, 0) is 15.0 Å². The molecule has 2 aromatic carbocycles. The molecule has 1 saturated heterocycles. The molecule has 0 aromatic heterocycles. The lowest BCUT2D eigenvalue weighted by Gasteiger charge is -2.46. The molecule has 0 aliphatic carbocycles. The summed E-state index contributed by atoms with van der Waals surface area (Å²) in [6.07, 6.45) is 0.0161. The van der Waals surface area contributed by atoms with E-state index in [2.05, 4.69) is 17.2 Å². The highest BCUT2D eigenvalue weighted by molar-refractivity contribution is 6.31. The number of fused-ring (bicyclic) bond motifs is 2. The Morgan fingerprint density at radius 1 is 1.16 bits per heavy atom. The van der Waals surface area contributed by atoms with Gasteiger partial charge in [0.2, 0.25) is 11.8 Å². The summed E-state index contributed by atoms with van der Waals surface area (Å²) >= 11 is 12.6. The van der Waals surface area contributed by atoms with Gasteiger partial charge in [-0.2, -0.15) is 0 Å². The number of hydrogen-bond acceptors (Lipinski definition) is 3. The van der Waals surface area contributed by atoms with Crippen molar-refractivity contribution < 1.29 is 14.3 Å². The molecule has 31 heavy (non-hydrogen) atoms. The molecule has 0 radical (unpaired) electrons. The van der Waals surface area contributed by atoms with Gasteiger partial charge in [-0.05, 0) is 56.7 Å². The van der Waals surface area contributed by atoms with Gasteiger partial charge >= 0.3 is 0 Å². The average Bonchev–Trinajstić information content (AvgIpc) is 2.96. The molecule has 2 heterocycles. The number of amides is 2. The fourth-order valence-electron chi connectivity index (χ4n) is 4.86. The summed E-state index contributed by atoms with van der Waals surface area (Å²) in [6, 6.07) is 10.1. The molecule has 2 aromatic rings. The lowest BCUT2D eigenvalue weighted by molar-refractivity contribution is -0.130. The van der Waals surface area contributed by atoms with E-state index in [4.69, 9.17) is 27.9 Å². The van der Waals surface area contributed by atoms with E-state index in [1.807, 2.05) is 26.8 Å². The molecule has 162 valence electrons. The van der Waals surface area contributed by atoms with Crippen molar-refractivity contribution in [3.8, 4) is 5.75 Å². The first-order valence-corrected chi connectivity index (χ1v) is 10.9. The minimum absolute atomic E-state index is 0.0891. The van der Waals surface area contributed by atoms with Gasteiger partial charge in [0.15, 0.2) is 0 Å². The number of anilines is 1. The zero-order valence-corrected chi connectivity index (χ0v) is 19.1. The van der Waals surface area contributed by atoms with Crippen LogP contribution in [0.1, 0.15) is 44.2 Å². The standard InChI is InChI=1S/C24H24Cl2N2O3/c1-12(2)22-24(17-7-5-15(26)10-19(17)27-23(24)30)18(11-21(29)28-22)16-9-14(25)6-8-20(16)31-13(3)4/h5-10,13,18,22H,1,11H2,2-4H3,(H,27,30)(H,28,29)/t18-,22+,24-/m0/s1. The largest absolute Gasteiger partial charge is 0.491 e. The van der Waals surface area contributed by atoms with Crippen LogP contribution in [0.4, 0.5) is 5.69 Å². The quantitative estimate of drug-likeness (QED) is 0.617. The number of halogens is 2. The summed E-state index contributed by atoms with van der Waals surface area (Å²) < 4.78 is 6.06. The smallest absolute Gasteiger partial charge is 0.238 e. The van der Waals surface area contributed by atoms with Crippen molar-refractivity contribution in [3.05, 3.63) is 69.7 Å². The average molecular weight is 459 g/mol. The Balaban J connectivity index is 2.02. The number of nitrogens with one attached hydrogen (secondary N) is 2. The zero-order valence-electron chi connectivity index (χ0n) is 17.6. The van der Waals surface area contributed by atoms with Crippen LogP contribution in [0, 0.1) is 0 Å². The van der Waals surface area contributed by atoms with E-state index in [1.54, 1.807) is 30.3 Å². The molecular weight excluding hydrogens is 435 g/mol. The molecule has 4 rings (SSSR count). The first-order chi connectivity index (χ1) is 14.6. The molecular formula is C24H24Cl2N2O3. The minimum atomic E-state index is -1.11. The Labute approximate surface area is 191 Å². The highest BCUT2D eigenvalue weighted by atomic mass is 35.5. The van der Waals surface area contributed by atoms with E-state index in [0.717, 1.165) is 11.1 Å². The van der Waals surface area contributed by atoms with Gasteiger partial charge in [-0.3, -0.25) is 9.59 Å². The van der Waals surface area contributed by atoms with Crippen LogP contribution in [0.3, 0.4) is 0 Å². The van der Waals surface area contributed by atoms with Crippen LogP contribution in [0.15, 0.2) is 48.6 Å². The molecule has 1 spiro atoms. The van der Waals surface area contributed by atoms with Gasteiger partial charge in [0.1, 0.15) is 11.2 Å². The molecule has 0 saturated carbocycles. The van der Waals surface area contributed by atoms with Gasteiger partial charge in [-0.15, -0.1) is 0 Å². The molecule has 0 unspecified atom stereocenters. The topological polar surface area (TPSA) is 67.4 Å². The maximum absolute atomic E-state index is 13.7. The number of carbonyl (C=O) groups is 2. The molecule has 1 fully saturated rings. The predicted octanol–water partition coefficient (Wildman–Crippen LogP) is 5.22. The van der Waals surface area contributed by atoms with Gasteiger partial charge in [-0.1, -0.05) is 41.4 Å². The number of ether oxygens (including phenoxy) is 1. The van der Waals surface area contributed by atoms with Crippen molar-refractivity contribution in [1.29, 1.82) is 0 Å². The van der Waals surface area contributed by atoms with E-state index < -0.39 is 17.4 Å². The third-order valence-corrected chi connectivity index (χ3v) is 6.42. The third kappa shape index (κ3) is 3.50. The summed E-state index contributed by atoms with van der Waals surface area (Å²) in [5.41, 5.74) is 1.71. The summed E-state index contributed by atoms with van der Waals surface area (Å²) in [5, 5.41) is 7.01. The Morgan fingerprint density at radius 2 is 1.84 bits per heavy atom. The Hall–Kier alpha value is -2.50. The summed E-state index contributed by atoms with van der Waals surface area (Å²) in [5.74, 6) is -0.278. The van der Waals surface area contributed by atoms with Crippen LogP contribution in [0.25, 0.3) is 0 Å². The molecule has 0 bridgehead atoms.